The zero-order chi connectivity index (χ0) is 21.7. The molecule has 3 rings (SSSR count). The molecular formula is C20H21N5O5. The smallest absolute Gasteiger partial charge is 0.270 e. The van der Waals surface area contributed by atoms with Crippen LogP contribution in [0, 0.1) is 10.1 Å². The molecule has 0 aliphatic heterocycles. The topological polar surface area (TPSA) is 124 Å². The molecule has 0 aliphatic carbocycles. The lowest BCUT2D eigenvalue weighted by molar-refractivity contribution is -0.384. The number of amides is 1. The normalized spacial score (nSPS) is 10.8. The summed E-state index contributed by atoms with van der Waals surface area (Å²) in [6, 6.07) is 9.06. The number of nitrogens with zero attached hydrogens (tertiary/aromatic N) is 5. The molecule has 0 saturated heterocycles. The molecule has 1 aromatic carbocycles. The van der Waals surface area contributed by atoms with E-state index >= 15 is 0 Å². The number of aromatic nitrogens is 3. The maximum Gasteiger partial charge on any atom is 0.270 e. The van der Waals surface area contributed by atoms with Gasteiger partial charge in [-0.3, -0.25) is 14.9 Å². The molecule has 0 bridgehead atoms. The predicted octanol–water partition coefficient (Wildman–Crippen LogP) is 3.49. The van der Waals surface area contributed by atoms with Crippen LogP contribution >= 0.6 is 0 Å². The fourth-order valence-electron chi connectivity index (χ4n) is 2.78. The lowest BCUT2D eigenvalue weighted by atomic mass is 10.2. The van der Waals surface area contributed by atoms with Crippen molar-refractivity contribution in [2.45, 2.75) is 33.4 Å². The van der Waals surface area contributed by atoms with Crippen LogP contribution < -0.4 is 4.74 Å². The molecule has 2 heterocycles. The van der Waals surface area contributed by atoms with Crippen molar-refractivity contribution >= 4 is 11.6 Å². The van der Waals surface area contributed by atoms with Crippen LogP contribution in [0.4, 0.5) is 5.69 Å². The number of benzene rings is 1. The van der Waals surface area contributed by atoms with Gasteiger partial charge in [-0.25, -0.2) is 4.98 Å². The maximum absolute atomic E-state index is 13.1. The summed E-state index contributed by atoms with van der Waals surface area (Å²) in [7, 11) is 0. The van der Waals surface area contributed by atoms with E-state index in [1.165, 1.54) is 12.1 Å². The summed E-state index contributed by atoms with van der Waals surface area (Å²) < 4.78 is 11.1. The highest BCUT2D eigenvalue weighted by Crippen LogP contribution is 2.24. The van der Waals surface area contributed by atoms with E-state index in [1.807, 2.05) is 20.8 Å². The van der Waals surface area contributed by atoms with Gasteiger partial charge in [-0.1, -0.05) is 6.07 Å². The van der Waals surface area contributed by atoms with Gasteiger partial charge in [0.15, 0.2) is 0 Å². The molecular weight excluding hydrogens is 390 g/mol. The number of hydrogen-bond donors (Lipinski definition) is 0. The van der Waals surface area contributed by atoms with Gasteiger partial charge in [0, 0.05) is 29.9 Å². The van der Waals surface area contributed by atoms with E-state index in [-0.39, 0.29) is 41.8 Å². The molecule has 0 N–H and O–H groups in total. The van der Waals surface area contributed by atoms with Crippen molar-refractivity contribution in [2.75, 3.05) is 6.61 Å². The Morgan fingerprint density at radius 2 is 2.07 bits per heavy atom. The molecule has 0 spiro atoms. The van der Waals surface area contributed by atoms with Crippen LogP contribution in [-0.2, 0) is 6.54 Å². The minimum atomic E-state index is -0.496. The lowest BCUT2D eigenvalue weighted by Crippen LogP contribution is -2.36. The Labute approximate surface area is 172 Å². The van der Waals surface area contributed by atoms with Crippen molar-refractivity contribution in [2.24, 2.45) is 0 Å². The molecule has 156 valence electrons. The quantitative estimate of drug-likeness (QED) is 0.407. The Bertz CT molecular complexity index is 1050. The molecule has 2 aromatic heterocycles. The van der Waals surface area contributed by atoms with Gasteiger partial charge in [0.2, 0.25) is 17.7 Å². The monoisotopic (exact) mass is 411 g/mol. The van der Waals surface area contributed by atoms with Gasteiger partial charge in [0.05, 0.1) is 18.1 Å². The third kappa shape index (κ3) is 4.59. The largest absolute Gasteiger partial charge is 0.477 e. The summed E-state index contributed by atoms with van der Waals surface area (Å²) in [6.07, 6.45) is 1.56. The Kier molecular flexibility index (Phi) is 6.35. The summed E-state index contributed by atoms with van der Waals surface area (Å²) in [5.41, 5.74) is 0.689. The Morgan fingerprint density at radius 3 is 2.77 bits per heavy atom. The number of nitro groups is 1. The number of carbonyl (C=O) groups excluding carboxylic acids is 1. The highest BCUT2D eigenvalue weighted by molar-refractivity contribution is 5.96. The summed E-state index contributed by atoms with van der Waals surface area (Å²) in [6.45, 7) is 6.00. The number of rotatable bonds is 8. The number of non-ortho nitro benzene ring substituents is 1. The third-order valence-corrected chi connectivity index (χ3v) is 4.24. The standard InChI is InChI=1S/C20H21N5O5/c1-4-29-19-16(9-6-10-21-19)20(26)24(13(2)3)12-17-22-23-18(30-17)14-7-5-8-15(11-14)25(27)28/h5-11,13H,4,12H2,1-3H3. The molecule has 0 atom stereocenters. The second-order valence-electron chi connectivity index (χ2n) is 6.62. The number of nitro benzene ring substituents is 1. The second-order valence-corrected chi connectivity index (χ2v) is 6.62. The number of ether oxygens (including phenoxy) is 1. The van der Waals surface area contributed by atoms with Crippen molar-refractivity contribution in [3.63, 3.8) is 0 Å². The van der Waals surface area contributed by atoms with Crippen molar-refractivity contribution in [1.29, 1.82) is 0 Å². The van der Waals surface area contributed by atoms with E-state index in [0.717, 1.165) is 0 Å². The first-order valence-electron chi connectivity index (χ1n) is 9.36. The highest BCUT2D eigenvalue weighted by Gasteiger charge is 2.25. The van der Waals surface area contributed by atoms with Gasteiger partial charge in [-0.2, -0.15) is 0 Å². The zero-order valence-electron chi connectivity index (χ0n) is 16.8. The van der Waals surface area contributed by atoms with Gasteiger partial charge in [0.25, 0.3) is 11.6 Å². The van der Waals surface area contributed by atoms with Crippen LogP contribution in [-0.4, -0.2) is 43.6 Å². The molecule has 10 nitrogen and oxygen atoms in total. The number of pyridine rings is 1. The summed E-state index contributed by atoms with van der Waals surface area (Å²) in [5, 5.41) is 18.9. The molecule has 0 fully saturated rings. The lowest BCUT2D eigenvalue weighted by Gasteiger charge is -2.25. The molecule has 30 heavy (non-hydrogen) atoms. The van der Waals surface area contributed by atoms with Crippen molar-refractivity contribution < 1.29 is 18.9 Å². The van der Waals surface area contributed by atoms with Gasteiger partial charge >= 0.3 is 0 Å². The van der Waals surface area contributed by atoms with E-state index < -0.39 is 4.92 Å². The summed E-state index contributed by atoms with van der Waals surface area (Å²) in [4.78, 5) is 29.3. The molecule has 1 amide bonds. The minimum Gasteiger partial charge on any atom is -0.477 e. The molecule has 0 unspecified atom stereocenters. The summed E-state index contributed by atoms with van der Waals surface area (Å²) in [5.74, 6) is 0.330. The van der Waals surface area contributed by atoms with Crippen LogP contribution in [0.2, 0.25) is 0 Å². The highest BCUT2D eigenvalue weighted by atomic mass is 16.6. The number of hydrogen-bond acceptors (Lipinski definition) is 8. The average Bonchev–Trinajstić information content (AvgIpc) is 3.21. The van der Waals surface area contributed by atoms with Crippen molar-refractivity contribution in [1.82, 2.24) is 20.1 Å². The molecule has 0 radical (unpaired) electrons. The average molecular weight is 411 g/mol. The first-order valence-corrected chi connectivity index (χ1v) is 9.36. The third-order valence-electron chi connectivity index (χ3n) is 4.24. The molecule has 3 aromatic rings. The fourth-order valence-corrected chi connectivity index (χ4v) is 2.78. The van der Waals surface area contributed by atoms with Crippen molar-refractivity contribution in [3.8, 4) is 17.3 Å². The Hall–Kier alpha value is -3.82. The van der Waals surface area contributed by atoms with E-state index in [9.17, 15) is 14.9 Å². The van der Waals surface area contributed by atoms with E-state index in [2.05, 4.69) is 15.2 Å². The van der Waals surface area contributed by atoms with E-state index in [1.54, 1.807) is 35.4 Å². The zero-order valence-corrected chi connectivity index (χ0v) is 16.8. The van der Waals surface area contributed by atoms with Crippen LogP contribution in [0.5, 0.6) is 5.88 Å². The van der Waals surface area contributed by atoms with Crippen LogP contribution in [0.1, 0.15) is 37.0 Å². The number of carbonyl (C=O) groups is 1. The van der Waals surface area contributed by atoms with Crippen LogP contribution in [0.3, 0.4) is 0 Å². The van der Waals surface area contributed by atoms with Crippen LogP contribution in [0.15, 0.2) is 47.0 Å². The van der Waals surface area contributed by atoms with Gasteiger partial charge in [-0.15, -0.1) is 10.2 Å². The summed E-state index contributed by atoms with van der Waals surface area (Å²) >= 11 is 0. The fraction of sp³-hybridized carbons (Fsp3) is 0.300. The van der Waals surface area contributed by atoms with Gasteiger partial charge in [-0.05, 0) is 39.0 Å². The maximum atomic E-state index is 13.1. The SMILES string of the molecule is CCOc1ncccc1C(=O)N(Cc1nnc(-c2cccc([N+](=O)[O-])c2)o1)C(C)C. The first-order chi connectivity index (χ1) is 14.4. The van der Waals surface area contributed by atoms with Gasteiger partial charge in [0.1, 0.15) is 5.56 Å². The first kappa shape index (κ1) is 20.9. The molecule has 10 heteroatoms. The Balaban J connectivity index is 1.84. The van der Waals surface area contributed by atoms with E-state index in [4.69, 9.17) is 9.15 Å². The Morgan fingerprint density at radius 1 is 1.27 bits per heavy atom. The molecule has 0 aliphatic rings. The molecule has 0 saturated carbocycles. The second kappa shape index (κ2) is 9.12. The van der Waals surface area contributed by atoms with Crippen molar-refractivity contribution in [3.05, 3.63) is 64.2 Å². The van der Waals surface area contributed by atoms with Gasteiger partial charge < -0.3 is 14.1 Å². The minimum absolute atomic E-state index is 0.0683. The van der Waals surface area contributed by atoms with E-state index in [0.29, 0.717) is 17.7 Å². The van der Waals surface area contributed by atoms with Crippen LogP contribution in [0.25, 0.3) is 11.5 Å². The predicted molar refractivity (Wildman–Crippen MR) is 107 cm³/mol.